The molecule has 6 nitrogen and oxygen atoms in total. The van der Waals surface area contributed by atoms with E-state index in [2.05, 4.69) is 10.6 Å². The van der Waals surface area contributed by atoms with Crippen molar-refractivity contribution in [2.24, 2.45) is 5.92 Å². The lowest BCUT2D eigenvalue weighted by molar-refractivity contribution is -0.133. The fourth-order valence-electron chi connectivity index (χ4n) is 2.53. The number of hydrogen-bond donors (Lipinski definition) is 2. The number of carbonyl (C=O) groups is 3. The Kier molecular flexibility index (Phi) is 5.21. The minimum Gasteiger partial charge on any atom is -0.323 e. The fourth-order valence-corrected chi connectivity index (χ4v) is 2.53. The van der Waals surface area contributed by atoms with Gasteiger partial charge < -0.3 is 10.6 Å². The van der Waals surface area contributed by atoms with Gasteiger partial charge in [-0.25, -0.2) is 9.18 Å². The van der Waals surface area contributed by atoms with E-state index in [1.807, 2.05) is 13.8 Å². The Morgan fingerprint density at radius 3 is 2.62 bits per heavy atom. The van der Waals surface area contributed by atoms with Crippen molar-refractivity contribution in [3.8, 4) is 0 Å². The van der Waals surface area contributed by atoms with E-state index >= 15 is 0 Å². The zero-order chi connectivity index (χ0) is 17.9. The van der Waals surface area contributed by atoms with Crippen LogP contribution in [0.5, 0.6) is 0 Å². The van der Waals surface area contributed by atoms with Crippen LogP contribution in [0, 0.1) is 11.7 Å². The summed E-state index contributed by atoms with van der Waals surface area (Å²) in [5.41, 5.74) is -0.989. The molecule has 1 atom stereocenters. The van der Waals surface area contributed by atoms with Crippen LogP contribution in [0.2, 0.25) is 0 Å². The van der Waals surface area contributed by atoms with Crippen molar-refractivity contribution >= 4 is 23.5 Å². The third-order valence-corrected chi connectivity index (χ3v) is 4.02. The molecule has 0 aliphatic carbocycles. The molecule has 1 aliphatic heterocycles. The summed E-state index contributed by atoms with van der Waals surface area (Å²) in [5.74, 6) is -1.25. The minimum absolute atomic E-state index is 0.0112. The average molecular weight is 335 g/mol. The maximum absolute atomic E-state index is 13.5. The molecule has 4 amide bonds. The Hall–Kier alpha value is -2.44. The van der Waals surface area contributed by atoms with Crippen molar-refractivity contribution in [2.75, 3.05) is 11.9 Å². The SMILES string of the molecule is CC(C)CC[C@]1(C)NC(=O)N(CC(=O)Nc2ccccc2F)C1=O. The predicted molar refractivity (Wildman–Crippen MR) is 87.8 cm³/mol. The molecule has 24 heavy (non-hydrogen) atoms. The number of para-hydroxylation sites is 1. The lowest BCUT2D eigenvalue weighted by atomic mass is 9.92. The van der Waals surface area contributed by atoms with Crippen molar-refractivity contribution in [3.05, 3.63) is 30.1 Å². The third-order valence-electron chi connectivity index (χ3n) is 4.02. The van der Waals surface area contributed by atoms with Gasteiger partial charge in [0.1, 0.15) is 17.9 Å². The van der Waals surface area contributed by atoms with Gasteiger partial charge in [-0.05, 0) is 37.8 Å². The number of urea groups is 1. The highest BCUT2D eigenvalue weighted by molar-refractivity contribution is 6.09. The summed E-state index contributed by atoms with van der Waals surface area (Å²) >= 11 is 0. The molecule has 0 saturated carbocycles. The Labute approximate surface area is 140 Å². The summed E-state index contributed by atoms with van der Waals surface area (Å²) in [7, 11) is 0. The third kappa shape index (κ3) is 3.90. The Balaban J connectivity index is 2.02. The first-order chi connectivity index (χ1) is 11.2. The van der Waals surface area contributed by atoms with Crippen LogP contribution < -0.4 is 10.6 Å². The van der Waals surface area contributed by atoms with Gasteiger partial charge in [0.15, 0.2) is 0 Å². The molecular formula is C17H22FN3O3. The summed E-state index contributed by atoms with van der Waals surface area (Å²) in [6.45, 7) is 5.27. The highest BCUT2D eigenvalue weighted by Crippen LogP contribution is 2.24. The molecule has 130 valence electrons. The van der Waals surface area contributed by atoms with Gasteiger partial charge in [0.05, 0.1) is 5.69 Å². The smallest absolute Gasteiger partial charge is 0.323 e. The topological polar surface area (TPSA) is 78.5 Å². The van der Waals surface area contributed by atoms with Crippen molar-refractivity contribution in [1.82, 2.24) is 10.2 Å². The summed E-state index contributed by atoms with van der Waals surface area (Å²) in [6, 6.07) is 5.10. The molecule has 2 rings (SSSR count). The zero-order valence-electron chi connectivity index (χ0n) is 14.1. The molecule has 0 bridgehead atoms. The second-order valence-corrected chi connectivity index (χ2v) is 6.61. The molecule has 1 aromatic rings. The number of halogens is 1. The normalized spacial score (nSPS) is 20.5. The Bertz CT molecular complexity index is 662. The van der Waals surface area contributed by atoms with Gasteiger partial charge in [0.2, 0.25) is 5.91 Å². The molecule has 2 N–H and O–H groups in total. The van der Waals surface area contributed by atoms with E-state index in [9.17, 15) is 18.8 Å². The van der Waals surface area contributed by atoms with Crippen LogP contribution in [0.25, 0.3) is 0 Å². The number of imide groups is 1. The van der Waals surface area contributed by atoms with E-state index in [1.54, 1.807) is 13.0 Å². The standard InChI is InChI=1S/C17H22FN3O3/c1-11(2)8-9-17(3)15(23)21(16(24)20-17)10-14(22)19-13-7-5-4-6-12(13)18/h4-7,11H,8-10H2,1-3H3,(H,19,22)(H,20,24)/t17-/m0/s1. The van der Waals surface area contributed by atoms with Gasteiger partial charge in [-0.3, -0.25) is 14.5 Å². The molecule has 1 saturated heterocycles. The first kappa shape index (κ1) is 17.9. The largest absolute Gasteiger partial charge is 0.325 e. The summed E-state index contributed by atoms with van der Waals surface area (Å²) in [4.78, 5) is 37.4. The molecule has 0 aromatic heterocycles. The van der Waals surface area contributed by atoms with Crippen molar-refractivity contribution in [1.29, 1.82) is 0 Å². The number of nitrogens with one attached hydrogen (secondary N) is 2. The quantitative estimate of drug-likeness (QED) is 0.784. The monoisotopic (exact) mass is 335 g/mol. The molecule has 1 fully saturated rings. The average Bonchev–Trinajstić information content (AvgIpc) is 2.72. The molecule has 0 unspecified atom stereocenters. The molecular weight excluding hydrogens is 313 g/mol. The molecule has 1 aromatic carbocycles. The van der Waals surface area contributed by atoms with E-state index < -0.39 is 35.7 Å². The molecule has 7 heteroatoms. The van der Waals surface area contributed by atoms with Crippen LogP contribution in [-0.4, -0.2) is 34.8 Å². The summed E-state index contributed by atoms with van der Waals surface area (Å²) in [5, 5.41) is 5.02. The first-order valence-electron chi connectivity index (χ1n) is 7.91. The van der Waals surface area contributed by atoms with E-state index in [0.717, 1.165) is 11.3 Å². The maximum Gasteiger partial charge on any atom is 0.325 e. The number of anilines is 1. The summed E-state index contributed by atoms with van der Waals surface area (Å²) in [6.07, 6.45) is 1.28. The lowest BCUT2D eigenvalue weighted by Gasteiger charge is -2.22. The zero-order valence-corrected chi connectivity index (χ0v) is 14.1. The number of benzene rings is 1. The molecule has 1 heterocycles. The van der Waals surface area contributed by atoms with Gasteiger partial charge >= 0.3 is 6.03 Å². The molecule has 0 radical (unpaired) electrons. The van der Waals surface area contributed by atoms with Gasteiger partial charge in [0, 0.05) is 0 Å². The maximum atomic E-state index is 13.5. The van der Waals surface area contributed by atoms with Crippen molar-refractivity contribution in [3.63, 3.8) is 0 Å². The van der Waals surface area contributed by atoms with Crippen LogP contribution in [0.15, 0.2) is 24.3 Å². The van der Waals surface area contributed by atoms with Crippen LogP contribution in [0.3, 0.4) is 0 Å². The minimum atomic E-state index is -1.00. The van der Waals surface area contributed by atoms with Crippen LogP contribution in [-0.2, 0) is 9.59 Å². The van der Waals surface area contributed by atoms with E-state index in [0.29, 0.717) is 12.3 Å². The highest BCUT2D eigenvalue weighted by atomic mass is 19.1. The van der Waals surface area contributed by atoms with Crippen molar-refractivity contribution < 1.29 is 18.8 Å². The number of carbonyl (C=O) groups excluding carboxylic acids is 3. The number of rotatable bonds is 6. The first-order valence-corrected chi connectivity index (χ1v) is 7.91. The second-order valence-electron chi connectivity index (χ2n) is 6.61. The van der Waals surface area contributed by atoms with Crippen LogP contribution in [0.4, 0.5) is 14.9 Å². The van der Waals surface area contributed by atoms with Gasteiger partial charge in [0.25, 0.3) is 5.91 Å². The fraction of sp³-hybridized carbons (Fsp3) is 0.471. The van der Waals surface area contributed by atoms with Crippen molar-refractivity contribution in [2.45, 2.75) is 39.2 Å². The van der Waals surface area contributed by atoms with Crippen LogP contribution >= 0.6 is 0 Å². The lowest BCUT2D eigenvalue weighted by Crippen LogP contribution is -2.44. The predicted octanol–water partition coefficient (Wildman–Crippen LogP) is 2.51. The number of hydrogen-bond acceptors (Lipinski definition) is 3. The Morgan fingerprint density at radius 2 is 2.00 bits per heavy atom. The second kappa shape index (κ2) is 6.98. The van der Waals surface area contributed by atoms with Crippen LogP contribution in [0.1, 0.15) is 33.6 Å². The van der Waals surface area contributed by atoms with Gasteiger partial charge in [-0.15, -0.1) is 0 Å². The van der Waals surface area contributed by atoms with Gasteiger partial charge in [-0.2, -0.15) is 0 Å². The van der Waals surface area contributed by atoms with E-state index in [4.69, 9.17) is 0 Å². The number of amides is 4. The highest BCUT2D eigenvalue weighted by Gasteiger charge is 2.47. The molecule has 1 aliphatic rings. The van der Waals surface area contributed by atoms with Gasteiger partial charge in [-0.1, -0.05) is 26.0 Å². The number of nitrogens with zero attached hydrogens (tertiary/aromatic N) is 1. The summed E-state index contributed by atoms with van der Waals surface area (Å²) < 4.78 is 13.5. The van der Waals surface area contributed by atoms with E-state index in [-0.39, 0.29) is 5.69 Å². The Morgan fingerprint density at radius 1 is 1.33 bits per heavy atom. The van der Waals surface area contributed by atoms with E-state index in [1.165, 1.54) is 18.2 Å². The molecule has 0 spiro atoms.